The van der Waals surface area contributed by atoms with Gasteiger partial charge in [0.25, 0.3) is 0 Å². The second-order valence-electron chi connectivity index (χ2n) is 14.1. The number of unbranched alkanes of at least 4 members (excludes halogenated alkanes) is 6. The Hall–Kier alpha value is -6.94. The highest BCUT2D eigenvalue weighted by atomic mass is 16.6. The molecule has 0 fully saturated rings. The van der Waals surface area contributed by atoms with E-state index in [2.05, 4.69) is 13.8 Å². The summed E-state index contributed by atoms with van der Waals surface area (Å²) >= 11 is 0. The summed E-state index contributed by atoms with van der Waals surface area (Å²) < 4.78 is 34.1. The molecule has 0 spiro atoms. The van der Waals surface area contributed by atoms with E-state index >= 15 is 0 Å². The summed E-state index contributed by atoms with van der Waals surface area (Å²) in [5, 5.41) is 1.51. The van der Waals surface area contributed by atoms with Gasteiger partial charge in [-0.15, -0.1) is 0 Å². The Bertz CT molecular complexity index is 2180. The van der Waals surface area contributed by atoms with Gasteiger partial charge in [0.1, 0.15) is 23.0 Å². The number of carbonyl (C=O) groups is 4. The van der Waals surface area contributed by atoms with Gasteiger partial charge < -0.3 is 28.4 Å². The predicted octanol–water partition coefficient (Wildman–Crippen LogP) is 11.6. The number of ether oxygens (including phenoxy) is 6. The Balaban J connectivity index is 1.05. The van der Waals surface area contributed by atoms with E-state index in [0.29, 0.717) is 35.8 Å². The molecule has 0 bridgehead atoms. The van der Waals surface area contributed by atoms with Crippen LogP contribution in [0.3, 0.4) is 0 Å². The van der Waals surface area contributed by atoms with E-state index < -0.39 is 23.9 Å². The van der Waals surface area contributed by atoms with Crippen LogP contribution in [0.2, 0.25) is 0 Å². The number of rotatable bonds is 20. The lowest BCUT2D eigenvalue weighted by Gasteiger charge is -2.13. The van der Waals surface area contributed by atoms with Crippen LogP contribution in [0.25, 0.3) is 10.8 Å². The topological polar surface area (TPSA) is 124 Å². The third-order valence-corrected chi connectivity index (χ3v) is 9.53. The van der Waals surface area contributed by atoms with Crippen LogP contribution >= 0.6 is 0 Å². The average molecular weight is 809 g/mol. The Kier molecular flexibility index (Phi) is 15.4. The first kappa shape index (κ1) is 42.7. The SMILES string of the molecule is CCCCCCOc1ccc(C(=O)Oc2ccc(C(=O)Oc3cc4ccccc4cc3OC(=O)c3ccc(OC(=O)c4ccc(OCCCCCC)cc4)cc3)cc2)cc1. The van der Waals surface area contributed by atoms with Gasteiger partial charge in [-0.05, 0) is 133 Å². The summed E-state index contributed by atoms with van der Waals surface area (Å²) in [6, 6.07) is 36.0. The summed E-state index contributed by atoms with van der Waals surface area (Å²) in [5.41, 5.74) is 1.05. The van der Waals surface area contributed by atoms with E-state index in [4.69, 9.17) is 28.4 Å². The minimum absolute atomic E-state index is 0.0226. The van der Waals surface area contributed by atoms with Crippen molar-refractivity contribution in [3.8, 4) is 34.5 Å². The molecule has 0 aromatic heterocycles. The number of carbonyl (C=O) groups excluding carboxylic acids is 4. The molecule has 0 saturated heterocycles. The fourth-order valence-electron chi connectivity index (χ4n) is 6.14. The monoisotopic (exact) mass is 808 g/mol. The van der Waals surface area contributed by atoms with Gasteiger partial charge in [-0.25, -0.2) is 19.2 Å². The maximum Gasteiger partial charge on any atom is 0.343 e. The minimum Gasteiger partial charge on any atom is -0.494 e. The third-order valence-electron chi connectivity index (χ3n) is 9.53. The lowest BCUT2D eigenvalue weighted by Crippen LogP contribution is -2.13. The van der Waals surface area contributed by atoms with Crippen molar-refractivity contribution in [3.63, 3.8) is 0 Å². The second kappa shape index (κ2) is 21.7. The highest BCUT2D eigenvalue weighted by Crippen LogP contribution is 2.34. The van der Waals surface area contributed by atoms with E-state index in [-0.39, 0.29) is 34.1 Å². The van der Waals surface area contributed by atoms with Crippen LogP contribution < -0.4 is 28.4 Å². The molecule has 6 rings (SSSR count). The van der Waals surface area contributed by atoms with Gasteiger partial charge in [0.05, 0.1) is 35.5 Å². The van der Waals surface area contributed by atoms with E-state index in [0.717, 1.165) is 49.3 Å². The Morgan fingerprint density at radius 3 is 1.02 bits per heavy atom. The Morgan fingerprint density at radius 1 is 0.367 bits per heavy atom. The molecule has 0 atom stereocenters. The van der Waals surface area contributed by atoms with Gasteiger partial charge in [-0.2, -0.15) is 0 Å². The third kappa shape index (κ3) is 12.3. The zero-order valence-electron chi connectivity index (χ0n) is 33.9. The van der Waals surface area contributed by atoms with Crippen LogP contribution in [0.4, 0.5) is 0 Å². The molecule has 6 aromatic carbocycles. The molecule has 308 valence electrons. The molecule has 0 unspecified atom stereocenters. The maximum atomic E-state index is 13.4. The van der Waals surface area contributed by atoms with Crippen molar-refractivity contribution in [2.45, 2.75) is 65.2 Å². The standard InChI is InChI=1S/C50H48O10/c1-3-5-7-11-31-55-41-23-15-35(16-24-41)47(51)57-43-27-19-37(20-28-43)49(53)59-45-33-39-13-9-10-14-40(39)34-46(45)60-50(54)38-21-29-44(30-22-38)58-48(52)36-17-25-42(26-18-36)56-32-12-8-6-4-2/h9-10,13-30,33-34H,3-8,11-12,31-32H2,1-2H3. The zero-order valence-corrected chi connectivity index (χ0v) is 33.9. The van der Waals surface area contributed by atoms with Gasteiger partial charge in [-0.3, -0.25) is 0 Å². The van der Waals surface area contributed by atoms with Crippen LogP contribution in [0.15, 0.2) is 133 Å². The molecule has 0 aliphatic carbocycles. The summed E-state index contributed by atoms with van der Waals surface area (Å²) in [4.78, 5) is 52.3. The quantitative estimate of drug-likeness (QED) is 0.0418. The molecule has 0 aliphatic heterocycles. The lowest BCUT2D eigenvalue weighted by molar-refractivity contribution is 0.0682. The average Bonchev–Trinajstić information content (AvgIpc) is 3.27. The normalized spacial score (nSPS) is 10.8. The van der Waals surface area contributed by atoms with Crippen LogP contribution in [0, 0.1) is 0 Å². The van der Waals surface area contributed by atoms with Crippen LogP contribution in [0.1, 0.15) is 107 Å². The second-order valence-corrected chi connectivity index (χ2v) is 14.1. The highest BCUT2D eigenvalue weighted by Gasteiger charge is 2.19. The molecular formula is C50H48O10. The Labute approximate surface area is 350 Å². The molecule has 0 saturated carbocycles. The van der Waals surface area contributed by atoms with E-state index in [1.54, 1.807) is 60.7 Å². The first-order valence-corrected chi connectivity index (χ1v) is 20.4. The van der Waals surface area contributed by atoms with Crippen molar-refractivity contribution < 1.29 is 47.6 Å². The summed E-state index contributed by atoms with van der Waals surface area (Å²) in [5.74, 6) is -0.672. The van der Waals surface area contributed by atoms with Crippen molar-refractivity contribution in [1.82, 2.24) is 0 Å². The van der Waals surface area contributed by atoms with Crippen LogP contribution in [-0.4, -0.2) is 37.1 Å². The number of esters is 4. The van der Waals surface area contributed by atoms with Gasteiger partial charge >= 0.3 is 23.9 Å². The molecule has 0 radical (unpaired) electrons. The van der Waals surface area contributed by atoms with E-state index in [1.807, 2.05) is 24.3 Å². The maximum absolute atomic E-state index is 13.4. The minimum atomic E-state index is -0.721. The van der Waals surface area contributed by atoms with Crippen molar-refractivity contribution in [1.29, 1.82) is 0 Å². The Morgan fingerprint density at radius 2 is 0.683 bits per heavy atom. The number of hydrogen-bond donors (Lipinski definition) is 0. The summed E-state index contributed by atoms with van der Waals surface area (Å²) in [6.07, 6.45) is 8.84. The van der Waals surface area contributed by atoms with Gasteiger partial charge in [0, 0.05) is 0 Å². The van der Waals surface area contributed by atoms with Gasteiger partial charge in [0.2, 0.25) is 0 Å². The van der Waals surface area contributed by atoms with Crippen molar-refractivity contribution in [3.05, 3.63) is 156 Å². The molecule has 0 amide bonds. The molecule has 10 nitrogen and oxygen atoms in total. The van der Waals surface area contributed by atoms with Crippen LogP contribution in [-0.2, 0) is 0 Å². The molecule has 10 heteroatoms. The van der Waals surface area contributed by atoms with Crippen molar-refractivity contribution >= 4 is 34.6 Å². The molecule has 0 N–H and O–H groups in total. The highest BCUT2D eigenvalue weighted by molar-refractivity contribution is 5.96. The largest absolute Gasteiger partial charge is 0.494 e. The number of benzene rings is 6. The van der Waals surface area contributed by atoms with Gasteiger partial charge in [-0.1, -0.05) is 76.6 Å². The summed E-state index contributed by atoms with van der Waals surface area (Å²) in [7, 11) is 0. The number of fused-ring (bicyclic) bond motifs is 1. The fraction of sp³-hybridized carbons (Fsp3) is 0.240. The molecule has 0 aliphatic rings. The summed E-state index contributed by atoms with van der Waals surface area (Å²) in [6.45, 7) is 5.56. The molecule has 6 aromatic rings. The van der Waals surface area contributed by atoms with E-state index in [9.17, 15) is 19.2 Å². The van der Waals surface area contributed by atoms with Crippen LogP contribution in [0.5, 0.6) is 34.5 Å². The number of hydrogen-bond acceptors (Lipinski definition) is 10. The molecule has 60 heavy (non-hydrogen) atoms. The zero-order chi connectivity index (χ0) is 42.1. The fourth-order valence-corrected chi connectivity index (χ4v) is 6.14. The molecule has 0 heterocycles. The van der Waals surface area contributed by atoms with Crippen molar-refractivity contribution in [2.24, 2.45) is 0 Å². The first-order valence-electron chi connectivity index (χ1n) is 20.4. The van der Waals surface area contributed by atoms with Gasteiger partial charge in [0.15, 0.2) is 11.5 Å². The molecular weight excluding hydrogens is 761 g/mol. The smallest absolute Gasteiger partial charge is 0.343 e. The van der Waals surface area contributed by atoms with E-state index in [1.165, 1.54) is 61.4 Å². The lowest BCUT2D eigenvalue weighted by atomic mass is 10.1. The predicted molar refractivity (Wildman–Crippen MR) is 229 cm³/mol. The first-order chi connectivity index (χ1) is 29.3. The van der Waals surface area contributed by atoms with Crippen molar-refractivity contribution in [2.75, 3.05) is 13.2 Å².